The molecule has 5 heteroatoms. The van der Waals surface area contributed by atoms with Gasteiger partial charge in [0.2, 0.25) is 10.0 Å². The van der Waals surface area contributed by atoms with Crippen LogP contribution in [0.5, 0.6) is 0 Å². The molecule has 0 aromatic rings. The molecule has 1 heterocycles. The van der Waals surface area contributed by atoms with Crippen LogP contribution in [0.1, 0.15) is 13.8 Å². The van der Waals surface area contributed by atoms with Gasteiger partial charge in [-0.3, -0.25) is 0 Å². The zero-order valence-corrected chi connectivity index (χ0v) is 8.56. The molecule has 1 rings (SSSR count). The van der Waals surface area contributed by atoms with Crippen LogP contribution in [0.4, 0.5) is 0 Å². The zero-order chi connectivity index (χ0) is 9.57. The Balaban J connectivity index is 2.50. The zero-order valence-electron chi connectivity index (χ0n) is 7.74. The fourth-order valence-electron chi connectivity index (χ4n) is 1.18. The van der Waals surface area contributed by atoms with Crippen molar-refractivity contribution in [1.82, 2.24) is 4.31 Å². The summed E-state index contributed by atoms with van der Waals surface area (Å²) in [5, 5.41) is 0. The number of hydrogen-bond donors (Lipinski definition) is 1. The molecule has 0 atom stereocenters. The van der Waals surface area contributed by atoms with Crippen LogP contribution in [0, 0.1) is 5.92 Å². The SMILES string of the molecule is CC(C)(N)C1CN(S(C)(=O)=O)C1. The van der Waals surface area contributed by atoms with Crippen molar-refractivity contribution in [2.45, 2.75) is 19.4 Å². The van der Waals surface area contributed by atoms with E-state index in [4.69, 9.17) is 5.73 Å². The van der Waals surface area contributed by atoms with E-state index in [-0.39, 0.29) is 5.54 Å². The van der Waals surface area contributed by atoms with E-state index < -0.39 is 10.0 Å². The van der Waals surface area contributed by atoms with Crippen molar-refractivity contribution in [3.05, 3.63) is 0 Å². The van der Waals surface area contributed by atoms with E-state index in [9.17, 15) is 8.42 Å². The Bertz CT molecular complexity index is 260. The molecule has 0 amide bonds. The third-order valence-electron chi connectivity index (χ3n) is 2.37. The second-order valence-electron chi connectivity index (χ2n) is 4.10. The predicted octanol–water partition coefficient (Wildman–Crippen LogP) is -0.385. The molecule has 1 aliphatic rings. The van der Waals surface area contributed by atoms with Crippen LogP contribution in [0.25, 0.3) is 0 Å². The Morgan fingerprint density at radius 2 is 1.83 bits per heavy atom. The van der Waals surface area contributed by atoms with Crippen LogP contribution >= 0.6 is 0 Å². The van der Waals surface area contributed by atoms with Gasteiger partial charge in [-0.05, 0) is 13.8 Å². The maximum atomic E-state index is 11.0. The molecule has 4 nitrogen and oxygen atoms in total. The first-order chi connectivity index (χ1) is 5.21. The van der Waals surface area contributed by atoms with Crippen molar-refractivity contribution >= 4 is 10.0 Å². The highest BCUT2D eigenvalue weighted by Crippen LogP contribution is 2.26. The number of nitrogens with zero attached hydrogens (tertiary/aromatic N) is 1. The average Bonchev–Trinajstić information content (AvgIpc) is 1.46. The Morgan fingerprint density at radius 1 is 1.42 bits per heavy atom. The molecule has 0 aromatic heterocycles. The van der Waals surface area contributed by atoms with E-state index in [0.717, 1.165) is 0 Å². The van der Waals surface area contributed by atoms with Crippen molar-refractivity contribution < 1.29 is 8.42 Å². The van der Waals surface area contributed by atoms with Gasteiger partial charge in [0.05, 0.1) is 6.26 Å². The van der Waals surface area contributed by atoms with Crippen LogP contribution in [0.3, 0.4) is 0 Å². The molecule has 1 saturated heterocycles. The minimum absolute atomic E-state index is 0.263. The summed E-state index contributed by atoms with van der Waals surface area (Å²) >= 11 is 0. The molecule has 12 heavy (non-hydrogen) atoms. The van der Waals surface area contributed by atoms with Gasteiger partial charge in [0.15, 0.2) is 0 Å². The minimum Gasteiger partial charge on any atom is -0.325 e. The van der Waals surface area contributed by atoms with E-state index in [0.29, 0.717) is 19.0 Å². The Hall–Kier alpha value is -0.130. The number of rotatable bonds is 2. The van der Waals surface area contributed by atoms with Gasteiger partial charge in [-0.15, -0.1) is 0 Å². The molecular formula is C7H16N2O2S. The topological polar surface area (TPSA) is 63.4 Å². The van der Waals surface area contributed by atoms with Gasteiger partial charge in [-0.1, -0.05) is 0 Å². The van der Waals surface area contributed by atoms with Crippen molar-refractivity contribution in [2.24, 2.45) is 11.7 Å². The molecule has 1 aliphatic heterocycles. The molecule has 1 fully saturated rings. The lowest BCUT2D eigenvalue weighted by molar-refractivity contribution is 0.131. The first-order valence-electron chi connectivity index (χ1n) is 3.95. The summed E-state index contributed by atoms with van der Waals surface area (Å²) in [5.41, 5.74) is 5.56. The maximum absolute atomic E-state index is 11.0. The van der Waals surface area contributed by atoms with E-state index in [1.807, 2.05) is 13.8 Å². The van der Waals surface area contributed by atoms with Gasteiger partial charge in [0.25, 0.3) is 0 Å². The van der Waals surface area contributed by atoms with E-state index in [1.165, 1.54) is 10.6 Å². The normalized spacial score (nSPS) is 22.3. The molecule has 0 saturated carbocycles. The van der Waals surface area contributed by atoms with Crippen LogP contribution < -0.4 is 5.73 Å². The number of hydrogen-bond acceptors (Lipinski definition) is 3. The first kappa shape index (κ1) is 9.95. The first-order valence-corrected chi connectivity index (χ1v) is 5.80. The van der Waals surface area contributed by atoms with Gasteiger partial charge in [-0.25, -0.2) is 12.7 Å². The fourth-order valence-corrected chi connectivity index (χ4v) is 2.08. The molecule has 72 valence electrons. The van der Waals surface area contributed by atoms with Crippen molar-refractivity contribution in [3.8, 4) is 0 Å². The lowest BCUT2D eigenvalue weighted by Crippen LogP contribution is -2.60. The third kappa shape index (κ3) is 1.97. The van der Waals surface area contributed by atoms with E-state index >= 15 is 0 Å². The monoisotopic (exact) mass is 192 g/mol. The number of nitrogens with two attached hydrogens (primary N) is 1. The largest absolute Gasteiger partial charge is 0.325 e. The summed E-state index contributed by atoms with van der Waals surface area (Å²) in [7, 11) is -2.98. The Kier molecular flexibility index (Phi) is 2.22. The standard InChI is InChI=1S/C7H16N2O2S/c1-7(2,8)6-4-9(5-6)12(3,10)11/h6H,4-5,8H2,1-3H3. The van der Waals surface area contributed by atoms with Crippen LogP contribution in [0.15, 0.2) is 0 Å². The van der Waals surface area contributed by atoms with Crippen LogP contribution in [-0.2, 0) is 10.0 Å². The molecule has 0 bridgehead atoms. The molecule has 0 radical (unpaired) electrons. The van der Waals surface area contributed by atoms with Gasteiger partial charge in [0, 0.05) is 24.5 Å². The maximum Gasteiger partial charge on any atom is 0.211 e. The third-order valence-corrected chi connectivity index (χ3v) is 3.61. The van der Waals surface area contributed by atoms with Crippen LogP contribution in [-0.4, -0.2) is 37.6 Å². The lowest BCUT2D eigenvalue weighted by Gasteiger charge is -2.44. The molecule has 0 aromatic carbocycles. The Morgan fingerprint density at radius 3 is 2.08 bits per heavy atom. The second-order valence-corrected chi connectivity index (χ2v) is 6.08. The smallest absolute Gasteiger partial charge is 0.211 e. The summed E-state index contributed by atoms with van der Waals surface area (Å²) in [6.07, 6.45) is 1.23. The molecule has 2 N–H and O–H groups in total. The number of sulfonamides is 1. The van der Waals surface area contributed by atoms with Crippen molar-refractivity contribution in [2.75, 3.05) is 19.3 Å². The lowest BCUT2D eigenvalue weighted by atomic mass is 9.84. The van der Waals surface area contributed by atoms with E-state index in [2.05, 4.69) is 0 Å². The summed E-state index contributed by atoms with van der Waals surface area (Å²) in [4.78, 5) is 0. The van der Waals surface area contributed by atoms with Crippen molar-refractivity contribution in [1.29, 1.82) is 0 Å². The molecular weight excluding hydrogens is 176 g/mol. The quantitative estimate of drug-likeness (QED) is 0.648. The van der Waals surface area contributed by atoms with Crippen LogP contribution in [0.2, 0.25) is 0 Å². The summed E-state index contributed by atoms with van der Waals surface area (Å²) in [6, 6.07) is 0. The predicted molar refractivity (Wildman–Crippen MR) is 48.2 cm³/mol. The highest BCUT2D eigenvalue weighted by Gasteiger charge is 2.40. The highest BCUT2D eigenvalue weighted by molar-refractivity contribution is 7.88. The van der Waals surface area contributed by atoms with Crippen molar-refractivity contribution in [3.63, 3.8) is 0 Å². The molecule has 0 unspecified atom stereocenters. The van der Waals surface area contributed by atoms with Gasteiger partial charge >= 0.3 is 0 Å². The fraction of sp³-hybridized carbons (Fsp3) is 1.00. The summed E-state index contributed by atoms with van der Waals surface area (Å²) < 4.78 is 23.4. The van der Waals surface area contributed by atoms with Gasteiger partial charge < -0.3 is 5.73 Å². The van der Waals surface area contributed by atoms with Gasteiger partial charge in [-0.2, -0.15) is 0 Å². The summed E-state index contributed by atoms with van der Waals surface area (Å²) in [6.45, 7) is 5.00. The molecule has 0 aliphatic carbocycles. The van der Waals surface area contributed by atoms with Gasteiger partial charge in [0.1, 0.15) is 0 Å². The second kappa shape index (κ2) is 2.68. The highest BCUT2D eigenvalue weighted by atomic mass is 32.2. The van der Waals surface area contributed by atoms with E-state index in [1.54, 1.807) is 0 Å². The Labute approximate surface area is 73.8 Å². The molecule has 0 spiro atoms. The summed E-state index contributed by atoms with van der Waals surface area (Å²) in [5.74, 6) is 0.298. The minimum atomic E-state index is -2.98. The average molecular weight is 192 g/mol.